The molecule has 4 nitrogen and oxygen atoms in total. The molecule has 2 unspecified atom stereocenters. The van der Waals surface area contributed by atoms with Gasteiger partial charge >= 0.3 is 6.03 Å². The number of carbonyl (C=O) groups excluding carboxylic acids is 1. The largest absolute Gasteiger partial charge is 0.322 e. The summed E-state index contributed by atoms with van der Waals surface area (Å²) in [6.07, 6.45) is 2.22. The fraction of sp³-hybridized carbons (Fsp3) is 0.588. The fourth-order valence-corrected chi connectivity index (χ4v) is 2.95. The maximum absolute atomic E-state index is 12.4. The van der Waals surface area contributed by atoms with E-state index in [1.165, 1.54) is 5.56 Å². The summed E-state index contributed by atoms with van der Waals surface area (Å²) in [5.41, 5.74) is 2.08. The van der Waals surface area contributed by atoms with E-state index in [-0.39, 0.29) is 6.03 Å². The van der Waals surface area contributed by atoms with Crippen molar-refractivity contribution in [2.75, 3.05) is 18.9 Å². The van der Waals surface area contributed by atoms with Crippen molar-refractivity contribution >= 4 is 11.7 Å². The summed E-state index contributed by atoms with van der Waals surface area (Å²) in [6, 6.07) is 8.78. The van der Waals surface area contributed by atoms with Crippen LogP contribution in [0.15, 0.2) is 24.3 Å². The van der Waals surface area contributed by atoms with E-state index in [9.17, 15) is 4.79 Å². The molecule has 2 rings (SSSR count). The van der Waals surface area contributed by atoms with Gasteiger partial charge in [-0.3, -0.25) is 0 Å². The van der Waals surface area contributed by atoms with Crippen LogP contribution in [0.5, 0.6) is 0 Å². The molecule has 1 aliphatic rings. The van der Waals surface area contributed by atoms with Crippen molar-refractivity contribution in [3.63, 3.8) is 0 Å². The van der Waals surface area contributed by atoms with Crippen molar-refractivity contribution < 1.29 is 4.79 Å². The van der Waals surface area contributed by atoms with Crippen molar-refractivity contribution in [2.24, 2.45) is 5.92 Å². The highest BCUT2D eigenvalue weighted by molar-refractivity contribution is 5.89. The summed E-state index contributed by atoms with van der Waals surface area (Å²) in [6.45, 7) is 7.35. The topological polar surface area (TPSA) is 44.4 Å². The van der Waals surface area contributed by atoms with Crippen LogP contribution in [-0.4, -0.2) is 30.6 Å². The molecule has 0 bridgehead atoms. The van der Waals surface area contributed by atoms with Crippen molar-refractivity contribution in [3.05, 3.63) is 29.8 Å². The van der Waals surface area contributed by atoms with E-state index in [2.05, 4.69) is 43.5 Å². The molecule has 116 valence electrons. The molecular formula is C17H27N3O. The number of urea groups is 1. The smallest absolute Gasteiger partial charge is 0.321 e. The minimum absolute atomic E-state index is 0.0283. The van der Waals surface area contributed by atoms with Gasteiger partial charge in [0.15, 0.2) is 0 Å². The van der Waals surface area contributed by atoms with Crippen LogP contribution in [0.4, 0.5) is 10.5 Å². The van der Waals surface area contributed by atoms with Crippen LogP contribution in [0.3, 0.4) is 0 Å². The number of nitrogens with zero attached hydrogens (tertiary/aromatic N) is 1. The van der Waals surface area contributed by atoms with E-state index in [0.717, 1.165) is 25.1 Å². The highest BCUT2D eigenvalue weighted by Gasteiger charge is 2.30. The van der Waals surface area contributed by atoms with Gasteiger partial charge in [-0.2, -0.15) is 0 Å². The van der Waals surface area contributed by atoms with Crippen LogP contribution < -0.4 is 10.6 Å². The Labute approximate surface area is 127 Å². The monoisotopic (exact) mass is 289 g/mol. The van der Waals surface area contributed by atoms with Gasteiger partial charge in [-0.25, -0.2) is 4.79 Å². The van der Waals surface area contributed by atoms with Crippen LogP contribution in [0.1, 0.15) is 45.2 Å². The maximum Gasteiger partial charge on any atom is 0.322 e. The number of amides is 2. The normalized spacial score (nSPS) is 19.9. The SMILES string of the molecule is CNC(C)c1ccc(NC(=O)N2CCCC2C(C)C)cc1. The molecule has 0 spiro atoms. The summed E-state index contributed by atoms with van der Waals surface area (Å²) < 4.78 is 0. The second-order valence-electron chi connectivity index (χ2n) is 6.21. The lowest BCUT2D eigenvalue weighted by Gasteiger charge is -2.27. The van der Waals surface area contributed by atoms with Gasteiger partial charge < -0.3 is 15.5 Å². The van der Waals surface area contributed by atoms with Gasteiger partial charge in [0.05, 0.1) is 0 Å². The molecule has 4 heteroatoms. The predicted octanol–water partition coefficient (Wildman–Crippen LogP) is 3.62. The lowest BCUT2D eigenvalue weighted by molar-refractivity contribution is 0.192. The molecule has 0 aliphatic carbocycles. The zero-order valence-corrected chi connectivity index (χ0v) is 13.5. The first-order valence-corrected chi connectivity index (χ1v) is 7.87. The van der Waals surface area contributed by atoms with E-state index >= 15 is 0 Å². The van der Waals surface area contributed by atoms with Gasteiger partial charge in [-0.1, -0.05) is 26.0 Å². The molecule has 2 amide bonds. The zero-order valence-electron chi connectivity index (χ0n) is 13.5. The second kappa shape index (κ2) is 6.94. The quantitative estimate of drug-likeness (QED) is 0.889. The number of likely N-dealkylation sites (tertiary alicyclic amines) is 1. The number of anilines is 1. The number of hydrogen-bond donors (Lipinski definition) is 2. The van der Waals surface area contributed by atoms with Crippen molar-refractivity contribution in [1.29, 1.82) is 0 Å². The Morgan fingerprint density at radius 3 is 2.48 bits per heavy atom. The molecule has 0 saturated carbocycles. The summed E-state index contributed by atoms with van der Waals surface area (Å²) in [7, 11) is 1.94. The van der Waals surface area contributed by atoms with Gasteiger partial charge in [0.25, 0.3) is 0 Å². The van der Waals surface area contributed by atoms with Gasteiger partial charge in [-0.15, -0.1) is 0 Å². The number of nitrogens with one attached hydrogen (secondary N) is 2. The Hall–Kier alpha value is -1.55. The van der Waals surface area contributed by atoms with Gasteiger partial charge in [0, 0.05) is 24.3 Å². The minimum Gasteiger partial charge on any atom is -0.321 e. The Bertz CT molecular complexity index is 469. The summed E-state index contributed by atoms with van der Waals surface area (Å²) in [5.74, 6) is 0.511. The zero-order chi connectivity index (χ0) is 15.4. The third-order valence-corrected chi connectivity index (χ3v) is 4.42. The number of carbonyl (C=O) groups is 1. The van der Waals surface area contributed by atoms with Crippen LogP contribution >= 0.6 is 0 Å². The van der Waals surface area contributed by atoms with E-state index in [4.69, 9.17) is 0 Å². The Balaban J connectivity index is 1.99. The lowest BCUT2D eigenvalue weighted by atomic mass is 10.0. The van der Waals surface area contributed by atoms with Crippen LogP contribution in [0.2, 0.25) is 0 Å². The van der Waals surface area contributed by atoms with Crippen LogP contribution in [0, 0.1) is 5.92 Å². The van der Waals surface area contributed by atoms with Gasteiger partial charge in [0.2, 0.25) is 0 Å². The van der Waals surface area contributed by atoms with E-state index in [1.807, 2.05) is 24.1 Å². The second-order valence-corrected chi connectivity index (χ2v) is 6.21. The third-order valence-electron chi connectivity index (χ3n) is 4.42. The molecule has 21 heavy (non-hydrogen) atoms. The van der Waals surface area contributed by atoms with E-state index in [0.29, 0.717) is 18.0 Å². The number of benzene rings is 1. The highest BCUT2D eigenvalue weighted by Crippen LogP contribution is 2.25. The fourth-order valence-electron chi connectivity index (χ4n) is 2.95. The minimum atomic E-state index is 0.0283. The molecular weight excluding hydrogens is 262 g/mol. The Kier molecular flexibility index (Phi) is 5.23. The molecule has 1 aliphatic heterocycles. The van der Waals surface area contributed by atoms with E-state index in [1.54, 1.807) is 0 Å². The molecule has 1 heterocycles. The standard InChI is InChI=1S/C17H27N3O/c1-12(2)16-6-5-11-20(16)17(21)19-15-9-7-14(8-10-15)13(3)18-4/h7-10,12-13,16,18H,5-6,11H2,1-4H3,(H,19,21). The van der Waals surface area contributed by atoms with Crippen molar-refractivity contribution in [2.45, 2.75) is 45.7 Å². The lowest BCUT2D eigenvalue weighted by Crippen LogP contribution is -2.41. The van der Waals surface area contributed by atoms with E-state index < -0.39 is 0 Å². The van der Waals surface area contributed by atoms with Gasteiger partial charge in [0.1, 0.15) is 0 Å². The molecule has 1 saturated heterocycles. The van der Waals surface area contributed by atoms with Crippen LogP contribution in [0.25, 0.3) is 0 Å². The summed E-state index contributed by atoms with van der Waals surface area (Å²) >= 11 is 0. The first-order valence-electron chi connectivity index (χ1n) is 7.87. The van der Waals surface area contributed by atoms with Crippen molar-refractivity contribution in [3.8, 4) is 0 Å². The first-order chi connectivity index (χ1) is 10.0. The van der Waals surface area contributed by atoms with Crippen LogP contribution in [-0.2, 0) is 0 Å². The highest BCUT2D eigenvalue weighted by atomic mass is 16.2. The molecule has 1 aromatic rings. The number of rotatable bonds is 4. The molecule has 1 aromatic carbocycles. The maximum atomic E-state index is 12.4. The summed E-state index contributed by atoms with van der Waals surface area (Å²) in [5, 5.41) is 6.23. The molecule has 0 radical (unpaired) electrons. The van der Waals surface area contributed by atoms with Gasteiger partial charge in [-0.05, 0) is 50.4 Å². The third kappa shape index (κ3) is 3.76. The average Bonchev–Trinajstić information content (AvgIpc) is 2.97. The predicted molar refractivity (Wildman–Crippen MR) is 87.5 cm³/mol. The molecule has 1 fully saturated rings. The molecule has 0 aromatic heterocycles. The molecule has 2 atom stereocenters. The summed E-state index contributed by atoms with van der Waals surface area (Å²) in [4.78, 5) is 14.4. The number of hydrogen-bond acceptors (Lipinski definition) is 2. The Morgan fingerprint density at radius 1 is 1.24 bits per heavy atom. The molecule has 2 N–H and O–H groups in total. The first kappa shape index (κ1) is 15.8. The van der Waals surface area contributed by atoms with Crippen molar-refractivity contribution in [1.82, 2.24) is 10.2 Å². The average molecular weight is 289 g/mol. The Morgan fingerprint density at radius 2 is 1.90 bits per heavy atom.